The molecule has 0 radical (unpaired) electrons. The van der Waals surface area contributed by atoms with Gasteiger partial charge in [0.25, 0.3) is 11.5 Å². The predicted octanol–water partition coefficient (Wildman–Crippen LogP) is 2.02. The molecule has 4 heterocycles. The number of H-pyrrole nitrogens is 1. The number of hydrogen-bond acceptors (Lipinski definition) is 6. The lowest BCUT2D eigenvalue weighted by Crippen LogP contribution is -2.39. The maximum absolute atomic E-state index is 13.0. The van der Waals surface area contributed by atoms with Crippen molar-refractivity contribution >= 4 is 17.1 Å². The summed E-state index contributed by atoms with van der Waals surface area (Å²) in [5, 5.41) is 2.81. The number of rotatable bonds is 7. The smallest absolute Gasteiger partial charge is 0.333 e. The van der Waals surface area contributed by atoms with Gasteiger partial charge in [0, 0.05) is 43.3 Å². The van der Waals surface area contributed by atoms with Crippen molar-refractivity contribution in [3.05, 3.63) is 75.0 Å². The van der Waals surface area contributed by atoms with Crippen LogP contribution in [-0.2, 0) is 13.1 Å². The molecule has 5 rings (SSSR count). The van der Waals surface area contributed by atoms with Gasteiger partial charge in [-0.3, -0.25) is 28.7 Å². The molecule has 1 saturated carbocycles. The highest BCUT2D eigenvalue weighted by atomic mass is 16.2. The van der Waals surface area contributed by atoms with Gasteiger partial charge in [-0.2, -0.15) is 0 Å². The molecule has 0 unspecified atom stereocenters. The van der Waals surface area contributed by atoms with Gasteiger partial charge in [0.1, 0.15) is 17.0 Å². The molecular weight excluding hydrogens is 422 g/mol. The van der Waals surface area contributed by atoms with E-state index < -0.39 is 0 Å². The largest absolute Gasteiger partial charge is 0.347 e. The lowest BCUT2D eigenvalue weighted by molar-refractivity contribution is 0.0946. The summed E-state index contributed by atoms with van der Waals surface area (Å²) in [7, 11) is 0. The molecule has 0 aliphatic heterocycles. The minimum absolute atomic E-state index is 0.0321. The second-order valence-electron chi connectivity index (χ2n) is 8.10. The highest BCUT2D eigenvalue weighted by molar-refractivity contribution is 5.92. The van der Waals surface area contributed by atoms with E-state index in [1.54, 1.807) is 35.2 Å². The molecular formula is C23H23N7O3. The Morgan fingerprint density at radius 2 is 2.06 bits per heavy atom. The maximum Gasteiger partial charge on any atom is 0.333 e. The molecule has 1 aliphatic carbocycles. The van der Waals surface area contributed by atoms with Crippen molar-refractivity contribution in [2.24, 2.45) is 0 Å². The van der Waals surface area contributed by atoms with Crippen molar-refractivity contribution < 1.29 is 4.79 Å². The second-order valence-corrected chi connectivity index (χ2v) is 8.10. The van der Waals surface area contributed by atoms with Crippen LogP contribution in [0.2, 0.25) is 0 Å². The van der Waals surface area contributed by atoms with Gasteiger partial charge in [-0.15, -0.1) is 0 Å². The first-order valence-corrected chi connectivity index (χ1v) is 11.0. The molecule has 4 aromatic rings. The number of amides is 1. The van der Waals surface area contributed by atoms with Gasteiger partial charge in [-0.05, 0) is 43.0 Å². The number of pyridine rings is 2. The molecule has 2 N–H and O–H groups in total. The molecule has 1 fully saturated rings. The van der Waals surface area contributed by atoms with Crippen LogP contribution >= 0.6 is 0 Å². The quantitative estimate of drug-likeness (QED) is 0.448. The van der Waals surface area contributed by atoms with Crippen molar-refractivity contribution in [2.45, 2.75) is 45.3 Å². The molecule has 0 saturated heterocycles. The Bertz CT molecular complexity index is 1430. The fourth-order valence-corrected chi connectivity index (χ4v) is 3.80. The van der Waals surface area contributed by atoms with Crippen LogP contribution in [-0.4, -0.2) is 35.0 Å². The molecule has 4 aromatic heterocycles. The molecule has 1 aliphatic rings. The van der Waals surface area contributed by atoms with Gasteiger partial charge in [0.05, 0.1) is 0 Å². The van der Waals surface area contributed by atoms with Crippen LogP contribution in [0.3, 0.4) is 0 Å². The number of nitrogens with zero attached hydrogens (tertiary/aromatic N) is 5. The third-order valence-electron chi connectivity index (χ3n) is 5.61. The van der Waals surface area contributed by atoms with E-state index >= 15 is 0 Å². The number of aromatic nitrogens is 6. The Hall–Kier alpha value is -4.08. The van der Waals surface area contributed by atoms with Crippen molar-refractivity contribution in [3.63, 3.8) is 0 Å². The summed E-state index contributed by atoms with van der Waals surface area (Å²) in [6.45, 7) is 2.79. The van der Waals surface area contributed by atoms with E-state index in [0.717, 1.165) is 24.8 Å². The van der Waals surface area contributed by atoms with E-state index in [2.05, 4.69) is 25.3 Å². The Labute approximate surface area is 188 Å². The minimum Gasteiger partial charge on any atom is -0.347 e. The topological polar surface area (TPSA) is 128 Å². The zero-order valence-corrected chi connectivity index (χ0v) is 18.1. The minimum atomic E-state index is -0.344. The Morgan fingerprint density at radius 1 is 1.21 bits per heavy atom. The summed E-state index contributed by atoms with van der Waals surface area (Å²) in [5.74, 6) is 0.119. The number of carbonyl (C=O) groups excluding carboxylic acids is 1. The summed E-state index contributed by atoms with van der Waals surface area (Å²) in [6.07, 6.45) is 7.30. The van der Waals surface area contributed by atoms with Gasteiger partial charge in [0.15, 0.2) is 5.65 Å². The first kappa shape index (κ1) is 20.8. The highest BCUT2D eigenvalue weighted by Crippen LogP contribution is 2.32. The Kier molecular flexibility index (Phi) is 5.33. The van der Waals surface area contributed by atoms with Gasteiger partial charge < -0.3 is 10.3 Å². The molecule has 0 aromatic carbocycles. The highest BCUT2D eigenvalue weighted by Gasteiger charge is 2.29. The van der Waals surface area contributed by atoms with Gasteiger partial charge in [-0.1, -0.05) is 13.0 Å². The van der Waals surface area contributed by atoms with Crippen LogP contribution in [0.1, 0.15) is 48.3 Å². The standard InChI is InChI=1S/C23H23N7O3/c1-2-10-29-20-18(22(32)30(23(29)33)16-6-7-16)27-19(28-20)15-5-8-17(25-13-15)21(31)26-12-14-4-3-9-24-11-14/h3-5,8-9,11,13,16H,2,6-7,10,12H2,1H3,(H,26,31)(H,27,28). The average Bonchev–Trinajstić information content (AvgIpc) is 3.57. The van der Waals surface area contributed by atoms with Gasteiger partial charge in [-0.25, -0.2) is 9.78 Å². The monoisotopic (exact) mass is 445 g/mol. The molecule has 1 amide bonds. The molecule has 10 nitrogen and oxygen atoms in total. The van der Waals surface area contributed by atoms with Crippen LogP contribution < -0.4 is 16.6 Å². The molecule has 33 heavy (non-hydrogen) atoms. The maximum atomic E-state index is 13.0. The van der Waals surface area contributed by atoms with E-state index in [0.29, 0.717) is 35.6 Å². The third-order valence-corrected chi connectivity index (χ3v) is 5.61. The average molecular weight is 445 g/mol. The number of carbonyl (C=O) groups is 1. The number of aromatic amines is 1. The summed E-state index contributed by atoms with van der Waals surface area (Å²) in [4.78, 5) is 54.2. The van der Waals surface area contributed by atoms with Crippen molar-refractivity contribution in [1.29, 1.82) is 0 Å². The number of hydrogen-bond donors (Lipinski definition) is 2. The SMILES string of the molecule is CCCn1c(=O)n(C2CC2)c(=O)c2[nH]c(-c3ccc(C(=O)NCc4cccnc4)nc3)nc21. The fraction of sp³-hybridized carbons (Fsp3) is 0.304. The van der Waals surface area contributed by atoms with Gasteiger partial charge in [0.2, 0.25) is 0 Å². The van der Waals surface area contributed by atoms with Crippen LogP contribution in [0.15, 0.2) is 52.4 Å². The summed E-state index contributed by atoms with van der Waals surface area (Å²) >= 11 is 0. The van der Waals surface area contributed by atoms with Crippen molar-refractivity contribution in [2.75, 3.05) is 0 Å². The van der Waals surface area contributed by atoms with Crippen LogP contribution in [0.5, 0.6) is 0 Å². The lowest BCUT2D eigenvalue weighted by Gasteiger charge is -2.09. The Morgan fingerprint density at radius 3 is 2.73 bits per heavy atom. The van der Waals surface area contributed by atoms with Crippen LogP contribution in [0.4, 0.5) is 0 Å². The zero-order valence-electron chi connectivity index (χ0n) is 18.1. The van der Waals surface area contributed by atoms with Crippen molar-refractivity contribution in [1.82, 2.24) is 34.4 Å². The lowest BCUT2D eigenvalue weighted by atomic mass is 10.2. The summed E-state index contributed by atoms with van der Waals surface area (Å²) in [6, 6.07) is 6.96. The number of fused-ring (bicyclic) bond motifs is 1. The number of aryl methyl sites for hydroxylation is 1. The zero-order chi connectivity index (χ0) is 22.9. The van der Waals surface area contributed by atoms with E-state index in [4.69, 9.17) is 0 Å². The van der Waals surface area contributed by atoms with E-state index in [9.17, 15) is 14.4 Å². The second kappa shape index (κ2) is 8.45. The Balaban J connectivity index is 1.44. The van der Waals surface area contributed by atoms with Crippen molar-refractivity contribution in [3.8, 4) is 11.4 Å². The molecule has 0 atom stereocenters. The van der Waals surface area contributed by atoms with E-state index in [1.165, 1.54) is 10.8 Å². The van der Waals surface area contributed by atoms with Gasteiger partial charge >= 0.3 is 5.69 Å². The normalized spacial score (nSPS) is 13.4. The molecule has 10 heteroatoms. The molecule has 168 valence electrons. The van der Waals surface area contributed by atoms with Crippen LogP contribution in [0.25, 0.3) is 22.6 Å². The summed E-state index contributed by atoms with van der Waals surface area (Å²) < 4.78 is 2.90. The van der Waals surface area contributed by atoms with Crippen LogP contribution in [0, 0.1) is 0 Å². The number of nitrogens with one attached hydrogen (secondary N) is 2. The third kappa shape index (κ3) is 3.95. The van der Waals surface area contributed by atoms with E-state index in [1.807, 2.05) is 13.0 Å². The molecule has 0 spiro atoms. The first-order valence-electron chi connectivity index (χ1n) is 11.0. The fourth-order valence-electron chi connectivity index (χ4n) is 3.80. The molecule has 0 bridgehead atoms. The summed E-state index contributed by atoms with van der Waals surface area (Å²) in [5.41, 5.74) is 1.76. The first-order chi connectivity index (χ1) is 16.1. The van der Waals surface area contributed by atoms with E-state index in [-0.39, 0.29) is 28.9 Å². The predicted molar refractivity (Wildman–Crippen MR) is 122 cm³/mol. The number of imidazole rings is 1.